The van der Waals surface area contributed by atoms with E-state index in [0.29, 0.717) is 11.4 Å². The molecule has 9 nitrogen and oxygen atoms in total. The lowest BCUT2D eigenvalue weighted by Gasteiger charge is -2.34. The average Bonchev–Trinajstić information content (AvgIpc) is 2.86. The monoisotopic (exact) mass is 482 g/mol. The number of fused-ring (bicyclic) bond motifs is 1. The molecular weight excluding hydrogens is 456 g/mol. The number of benzene rings is 2. The summed E-state index contributed by atoms with van der Waals surface area (Å²) < 4.78 is 32.1. The molecule has 178 valence electrons. The second-order valence-electron chi connectivity index (χ2n) is 8.00. The molecule has 1 fully saturated rings. The maximum atomic E-state index is 12.7. The van der Waals surface area contributed by atoms with Crippen molar-refractivity contribution in [2.75, 3.05) is 26.2 Å². The Hall–Kier alpha value is -3.37. The molecule has 10 heteroatoms. The van der Waals surface area contributed by atoms with Gasteiger partial charge < -0.3 is 9.64 Å². The van der Waals surface area contributed by atoms with Gasteiger partial charge >= 0.3 is 5.97 Å². The van der Waals surface area contributed by atoms with Crippen molar-refractivity contribution in [3.63, 3.8) is 0 Å². The molecule has 1 amide bonds. The fraction of sp³-hybridized carbons (Fsp3) is 0.333. The predicted molar refractivity (Wildman–Crippen MR) is 125 cm³/mol. The highest BCUT2D eigenvalue weighted by Gasteiger charge is 2.30. The first-order chi connectivity index (χ1) is 16.3. The Kier molecular flexibility index (Phi) is 7.18. The van der Waals surface area contributed by atoms with Crippen LogP contribution in [0.1, 0.15) is 24.2 Å². The maximum Gasteiger partial charge on any atom is 0.306 e. The van der Waals surface area contributed by atoms with Crippen LogP contribution in [0.2, 0.25) is 0 Å². The summed E-state index contributed by atoms with van der Waals surface area (Å²) >= 11 is 0. The molecule has 3 aromatic rings. The quantitative estimate of drug-likeness (QED) is 0.475. The van der Waals surface area contributed by atoms with Crippen molar-refractivity contribution in [3.05, 3.63) is 66.0 Å². The number of nitrogens with zero attached hydrogens (tertiary/aromatic N) is 4. The molecule has 1 saturated heterocycles. The maximum absolute atomic E-state index is 12.7. The van der Waals surface area contributed by atoms with E-state index in [1.165, 1.54) is 4.31 Å². The Labute approximate surface area is 198 Å². The summed E-state index contributed by atoms with van der Waals surface area (Å²) in [5.41, 5.74) is 2.76. The molecule has 34 heavy (non-hydrogen) atoms. The van der Waals surface area contributed by atoms with Gasteiger partial charge in [-0.2, -0.15) is 4.31 Å². The van der Waals surface area contributed by atoms with Crippen molar-refractivity contribution >= 4 is 32.9 Å². The summed E-state index contributed by atoms with van der Waals surface area (Å²) in [5, 5.41) is 0. The van der Waals surface area contributed by atoms with Gasteiger partial charge in [0.2, 0.25) is 15.9 Å². The lowest BCUT2D eigenvalue weighted by atomic mass is 10.2. The van der Waals surface area contributed by atoms with E-state index < -0.39 is 16.0 Å². The number of carbonyl (C=O) groups is 2. The summed E-state index contributed by atoms with van der Waals surface area (Å²) in [7, 11) is -3.58. The van der Waals surface area contributed by atoms with Crippen LogP contribution >= 0.6 is 0 Å². The fourth-order valence-corrected chi connectivity index (χ4v) is 5.21. The number of hydrogen-bond donors (Lipinski definition) is 0. The van der Waals surface area contributed by atoms with Crippen LogP contribution in [-0.2, 0) is 31.0 Å². The molecule has 0 unspecified atom stereocenters. The van der Waals surface area contributed by atoms with Gasteiger partial charge in [-0.3, -0.25) is 9.59 Å². The van der Waals surface area contributed by atoms with Gasteiger partial charge in [-0.15, -0.1) is 0 Å². The van der Waals surface area contributed by atoms with Crippen LogP contribution in [0.25, 0.3) is 11.0 Å². The van der Waals surface area contributed by atoms with E-state index in [2.05, 4.69) is 9.97 Å². The zero-order chi connectivity index (χ0) is 24.1. The van der Waals surface area contributed by atoms with Crippen molar-refractivity contribution < 1.29 is 22.7 Å². The molecule has 2 heterocycles. The first kappa shape index (κ1) is 23.8. The van der Waals surface area contributed by atoms with Crippen molar-refractivity contribution in [1.29, 1.82) is 0 Å². The SMILES string of the molecule is Cc1nc2ccccc2nc1COC(=O)CCC(=O)N1CCN(S(=O)(=O)c2ccccc2)CC1. The topological polar surface area (TPSA) is 110 Å². The van der Waals surface area contributed by atoms with Gasteiger partial charge in [0.25, 0.3) is 0 Å². The first-order valence-electron chi connectivity index (χ1n) is 11.1. The van der Waals surface area contributed by atoms with Crippen molar-refractivity contribution in [3.8, 4) is 0 Å². The van der Waals surface area contributed by atoms with Crippen LogP contribution in [0, 0.1) is 6.92 Å². The number of esters is 1. The first-order valence-corrected chi connectivity index (χ1v) is 12.5. The van der Waals surface area contributed by atoms with Gasteiger partial charge in [-0.1, -0.05) is 30.3 Å². The van der Waals surface area contributed by atoms with Gasteiger partial charge in [-0.05, 0) is 31.2 Å². The normalized spacial score (nSPS) is 14.8. The smallest absolute Gasteiger partial charge is 0.306 e. The molecule has 1 aliphatic rings. The van der Waals surface area contributed by atoms with E-state index in [9.17, 15) is 18.0 Å². The van der Waals surface area contributed by atoms with Gasteiger partial charge in [0.15, 0.2) is 0 Å². The molecule has 0 saturated carbocycles. The van der Waals surface area contributed by atoms with Crippen LogP contribution in [-0.4, -0.2) is 65.6 Å². The number of aromatic nitrogens is 2. The van der Waals surface area contributed by atoms with E-state index in [0.717, 1.165) is 11.0 Å². The van der Waals surface area contributed by atoms with Crippen molar-refractivity contribution in [2.45, 2.75) is 31.3 Å². The average molecular weight is 483 g/mol. The lowest BCUT2D eigenvalue weighted by Crippen LogP contribution is -2.50. The zero-order valence-corrected chi connectivity index (χ0v) is 19.7. The molecule has 1 aromatic heterocycles. The number of rotatable bonds is 7. The standard InChI is InChI=1S/C24H26N4O5S/c1-18-22(26-21-10-6-5-9-20(21)25-18)17-33-24(30)12-11-23(29)27-13-15-28(16-14-27)34(31,32)19-7-3-2-4-8-19/h2-10H,11-17H2,1H3. The Morgan fingerprint density at radius 1 is 0.882 bits per heavy atom. The number of piperazine rings is 1. The predicted octanol–water partition coefficient (Wildman–Crippen LogP) is 2.29. The van der Waals surface area contributed by atoms with Crippen LogP contribution in [0.5, 0.6) is 0 Å². The third-order valence-corrected chi connectivity index (χ3v) is 7.64. The van der Waals surface area contributed by atoms with E-state index in [1.807, 2.05) is 31.2 Å². The van der Waals surface area contributed by atoms with Crippen molar-refractivity contribution in [1.82, 2.24) is 19.2 Å². The number of ether oxygens (including phenoxy) is 1. The fourth-order valence-electron chi connectivity index (χ4n) is 3.77. The number of hydrogen-bond acceptors (Lipinski definition) is 7. The van der Waals surface area contributed by atoms with E-state index in [-0.39, 0.29) is 56.4 Å². The number of sulfonamides is 1. The zero-order valence-electron chi connectivity index (χ0n) is 18.9. The Balaban J connectivity index is 1.24. The summed E-state index contributed by atoms with van der Waals surface area (Å²) in [6.45, 7) is 2.80. The Bertz CT molecular complexity index is 1290. The Morgan fingerprint density at radius 3 is 2.18 bits per heavy atom. The molecule has 0 N–H and O–H groups in total. The summed E-state index contributed by atoms with van der Waals surface area (Å²) in [6.07, 6.45) is -0.0476. The third kappa shape index (κ3) is 5.40. The molecule has 0 atom stereocenters. The summed E-state index contributed by atoms with van der Waals surface area (Å²) in [5.74, 6) is -0.691. The van der Waals surface area contributed by atoms with Crippen LogP contribution in [0.15, 0.2) is 59.5 Å². The van der Waals surface area contributed by atoms with Gasteiger partial charge in [0.05, 0.1) is 33.7 Å². The summed E-state index contributed by atoms with van der Waals surface area (Å²) in [6, 6.07) is 15.7. The van der Waals surface area contributed by atoms with Crippen molar-refractivity contribution in [2.24, 2.45) is 0 Å². The minimum Gasteiger partial charge on any atom is -0.459 e. The minimum atomic E-state index is -3.58. The highest BCUT2D eigenvalue weighted by atomic mass is 32.2. The molecule has 1 aliphatic heterocycles. The third-order valence-electron chi connectivity index (χ3n) is 5.73. The highest BCUT2D eigenvalue weighted by Crippen LogP contribution is 2.18. The highest BCUT2D eigenvalue weighted by molar-refractivity contribution is 7.89. The van der Waals surface area contributed by atoms with Crippen LogP contribution < -0.4 is 0 Å². The number of aryl methyl sites for hydroxylation is 1. The second kappa shape index (κ2) is 10.3. The van der Waals surface area contributed by atoms with Gasteiger partial charge in [-0.25, -0.2) is 18.4 Å². The van der Waals surface area contributed by atoms with Crippen LogP contribution in [0.4, 0.5) is 0 Å². The van der Waals surface area contributed by atoms with E-state index in [4.69, 9.17) is 4.74 Å². The van der Waals surface area contributed by atoms with E-state index in [1.54, 1.807) is 35.2 Å². The lowest BCUT2D eigenvalue weighted by molar-refractivity contribution is -0.147. The molecule has 2 aromatic carbocycles. The van der Waals surface area contributed by atoms with Gasteiger partial charge in [0, 0.05) is 32.6 Å². The number of amides is 1. The number of carbonyl (C=O) groups excluding carboxylic acids is 2. The minimum absolute atomic E-state index is 0.00660. The molecule has 4 rings (SSSR count). The molecular formula is C24H26N4O5S. The van der Waals surface area contributed by atoms with Gasteiger partial charge in [0.1, 0.15) is 6.61 Å². The second-order valence-corrected chi connectivity index (χ2v) is 9.94. The Morgan fingerprint density at radius 2 is 1.50 bits per heavy atom. The largest absolute Gasteiger partial charge is 0.459 e. The van der Waals surface area contributed by atoms with E-state index >= 15 is 0 Å². The number of para-hydroxylation sites is 2. The van der Waals surface area contributed by atoms with Crippen LogP contribution in [0.3, 0.4) is 0 Å². The molecule has 0 aliphatic carbocycles. The molecule has 0 spiro atoms. The summed E-state index contributed by atoms with van der Waals surface area (Å²) in [4.78, 5) is 35.5. The molecule has 0 bridgehead atoms. The molecule has 0 radical (unpaired) electrons.